The molecular weight excluding hydrogens is 372 g/mol. The molecule has 1 aromatic heterocycles. The zero-order chi connectivity index (χ0) is 20.8. The number of ketones is 1. The Morgan fingerprint density at radius 1 is 1.00 bits per heavy atom. The van der Waals surface area contributed by atoms with Gasteiger partial charge in [0.25, 0.3) is 0 Å². The van der Waals surface area contributed by atoms with Gasteiger partial charge < -0.3 is 13.9 Å². The number of hydrogen-bond donors (Lipinski definition) is 0. The minimum atomic E-state index is -0.565. The van der Waals surface area contributed by atoms with Gasteiger partial charge in [-0.3, -0.25) is 4.79 Å². The molecule has 0 aliphatic rings. The highest BCUT2D eigenvalue weighted by molar-refractivity contribution is 5.95. The molecule has 150 valence electrons. The molecule has 3 aromatic rings. The van der Waals surface area contributed by atoms with Crippen LogP contribution in [0.2, 0.25) is 0 Å². The van der Waals surface area contributed by atoms with E-state index in [-0.39, 0.29) is 19.0 Å². The fraction of sp³-hybridized carbons (Fsp3) is 0.261. The van der Waals surface area contributed by atoms with Crippen LogP contribution in [0.5, 0.6) is 5.75 Å². The van der Waals surface area contributed by atoms with Gasteiger partial charge in [0.1, 0.15) is 17.9 Å². The average Bonchev–Trinajstić information content (AvgIpc) is 2.75. The first-order valence-corrected chi connectivity index (χ1v) is 9.47. The SMILES string of the molecule is CCC(=O)c1ccc(OCC(=O)OCc2cc(=O)oc3cc(CC)ccc23)cc1. The molecule has 0 radical (unpaired) electrons. The molecule has 0 N–H and O–H groups in total. The monoisotopic (exact) mass is 394 g/mol. The molecule has 0 aliphatic heterocycles. The number of rotatable bonds is 8. The second-order valence-electron chi connectivity index (χ2n) is 6.53. The van der Waals surface area contributed by atoms with Crippen molar-refractivity contribution in [1.29, 1.82) is 0 Å². The van der Waals surface area contributed by atoms with Gasteiger partial charge in [0, 0.05) is 29.0 Å². The lowest BCUT2D eigenvalue weighted by Gasteiger charge is -2.09. The Morgan fingerprint density at radius 2 is 1.76 bits per heavy atom. The van der Waals surface area contributed by atoms with Crippen LogP contribution in [0.1, 0.15) is 41.8 Å². The lowest BCUT2D eigenvalue weighted by molar-refractivity contribution is -0.147. The van der Waals surface area contributed by atoms with Crippen molar-refractivity contribution in [2.75, 3.05) is 6.61 Å². The molecule has 0 saturated carbocycles. The first-order valence-electron chi connectivity index (χ1n) is 9.47. The Labute approximate surface area is 168 Å². The highest BCUT2D eigenvalue weighted by Crippen LogP contribution is 2.20. The van der Waals surface area contributed by atoms with Crippen molar-refractivity contribution >= 4 is 22.7 Å². The van der Waals surface area contributed by atoms with Crippen LogP contribution in [0.3, 0.4) is 0 Å². The molecule has 1 heterocycles. The van der Waals surface area contributed by atoms with Crippen molar-refractivity contribution < 1.29 is 23.5 Å². The first kappa shape index (κ1) is 20.3. The third-order valence-corrected chi connectivity index (χ3v) is 4.55. The predicted molar refractivity (Wildman–Crippen MR) is 108 cm³/mol. The Bertz CT molecular complexity index is 1080. The summed E-state index contributed by atoms with van der Waals surface area (Å²) < 4.78 is 15.9. The van der Waals surface area contributed by atoms with Gasteiger partial charge in [-0.25, -0.2) is 9.59 Å². The number of benzene rings is 2. The van der Waals surface area contributed by atoms with Gasteiger partial charge in [-0.15, -0.1) is 0 Å². The summed E-state index contributed by atoms with van der Waals surface area (Å²) in [5, 5.41) is 0.728. The minimum absolute atomic E-state index is 0.0431. The van der Waals surface area contributed by atoms with Crippen LogP contribution < -0.4 is 10.4 Å². The number of aryl methyl sites for hydroxylation is 1. The maximum Gasteiger partial charge on any atom is 0.344 e. The molecule has 6 heteroatoms. The fourth-order valence-corrected chi connectivity index (χ4v) is 2.90. The smallest absolute Gasteiger partial charge is 0.344 e. The van der Waals surface area contributed by atoms with Crippen LogP contribution in [-0.4, -0.2) is 18.4 Å². The van der Waals surface area contributed by atoms with E-state index in [0.29, 0.717) is 28.9 Å². The topological polar surface area (TPSA) is 82.8 Å². The van der Waals surface area contributed by atoms with Crippen LogP contribution in [0, 0.1) is 0 Å². The number of carbonyl (C=O) groups is 2. The molecular formula is C23H22O6. The number of hydrogen-bond acceptors (Lipinski definition) is 6. The predicted octanol–water partition coefficient (Wildman–Crippen LogP) is 4.07. The highest BCUT2D eigenvalue weighted by Gasteiger charge is 2.11. The van der Waals surface area contributed by atoms with Crippen molar-refractivity contribution in [2.24, 2.45) is 0 Å². The number of esters is 1. The van der Waals surface area contributed by atoms with E-state index < -0.39 is 11.6 Å². The molecule has 29 heavy (non-hydrogen) atoms. The molecule has 2 aromatic carbocycles. The summed E-state index contributed by atoms with van der Waals surface area (Å²) in [6.07, 6.45) is 1.25. The number of ether oxygens (including phenoxy) is 2. The van der Waals surface area contributed by atoms with Gasteiger partial charge in [-0.2, -0.15) is 0 Å². The summed E-state index contributed by atoms with van der Waals surface area (Å²) in [5.41, 5.74) is 2.21. The number of fused-ring (bicyclic) bond motifs is 1. The second-order valence-corrected chi connectivity index (χ2v) is 6.53. The summed E-state index contributed by atoms with van der Waals surface area (Å²) in [6, 6.07) is 13.5. The fourth-order valence-electron chi connectivity index (χ4n) is 2.90. The zero-order valence-corrected chi connectivity index (χ0v) is 16.4. The van der Waals surface area contributed by atoms with E-state index in [0.717, 1.165) is 17.4 Å². The average molecular weight is 394 g/mol. The lowest BCUT2D eigenvalue weighted by atomic mass is 10.1. The Morgan fingerprint density at radius 3 is 2.45 bits per heavy atom. The van der Waals surface area contributed by atoms with Crippen molar-refractivity contribution in [3.8, 4) is 5.75 Å². The third-order valence-electron chi connectivity index (χ3n) is 4.55. The number of carbonyl (C=O) groups excluding carboxylic acids is 2. The van der Waals surface area contributed by atoms with Crippen LogP contribution >= 0.6 is 0 Å². The van der Waals surface area contributed by atoms with Crippen LogP contribution in [0.15, 0.2) is 57.7 Å². The largest absolute Gasteiger partial charge is 0.482 e. The van der Waals surface area contributed by atoms with E-state index in [9.17, 15) is 14.4 Å². The Kier molecular flexibility index (Phi) is 6.44. The van der Waals surface area contributed by atoms with Crippen molar-refractivity contribution in [1.82, 2.24) is 0 Å². The molecule has 0 saturated heterocycles. The summed E-state index contributed by atoms with van der Waals surface area (Å²) >= 11 is 0. The summed E-state index contributed by atoms with van der Waals surface area (Å²) in [4.78, 5) is 35.5. The van der Waals surface area contributed by atoms with Gasteiger partial charge >= 0.3 is 11.6 Å². The van der Waals surface area contributed by atoms with Gasteiger partial charge in [0.05, 0.1) is 0 Å². The van der Waals surface area contributed by atoms with Crippen LogP contribution in [0.25, 0.3) is 11.0 Å². The van der Waals surface area contributed by atoms with E-state index in [1.165, 1.54) is 6.07 Å². The van der Waals surface area contributed by atoms with E-state index in [1.54, 1.807) is 31.2 Å². The Hall–Kier alpha value is -3.41. The number of Topliss-reactive ketones (excluding diaryl/α,β-unsaturated/α-hetero) is 1. The summed E-state index contributed by atoms with van der Waals surface area (Å²) in [7, 11) is 0. The molecule has 0 atom stereocenters. The zero-order valence-electron chi connectivity index (χ0n) is 16.4. The highest BCUT2D eigenvalue weighted by atomic mass is 16.6. The van der Waals surface area contributed by atoms with Crippen molar-refractivity contribution in [3.63, 3.8) is 0 Å². The maximum absolute atomic E-state index is 12.0. The molecule has 0 amide bonds. The molecule has 0 unspecified atom stereocenters. The van der Waals surface area contributed by atoms with E-state index in [2.05, 4.69) is 0 Å². The molecule has 0 spiro atoms. The van der Waals surface area contributed by atoms with E-state index in [1.807, 2.05) is 25.1 Å². The molecule has 0 fully saturated rings. The van der Waals surface area contributed by atoms with Gasteiger partial charge in [-0.05, 0) is 42.3 Å². The quantitative estimate of drug-likeness (QED) is 0.325. The molecule has 0 bridgehead atoms. The summed E-state index contributed by atoms with van der Waals surface area (Å²) in [6.45, 7) is 3.48. The first-order chi connectivity index (χ1) is 14.0. The minimum Gasteiger partial charge on any atom is -0.482 e. The van der Waals surface area contributed by atoms with Crippen LogP contribution in [-0.2, 0) is 22.6 Å². The normalized spacial score (nSPS) is 10.7. The van der Waals surface area contributed by atoms with E-state index >= 15 is 0 Å². The van der Waals surface area contributed by atoms with Gasteiger partial charge in [0.15, 0.2) is 12.4 Å². The van der Waals surface area contributed by atoms with Gasteiger partial charge in [0.2, 0.25) is 0 Å². The molecule has 0 aliphatic carbocycles. The van der Waals surface area contributed by atoms with Gasteiger partial charge in [-0.1, -0.05) is 26.0 Å². The molecule has 6 nitrogen and oxygen atoms in total. The Balaban J connectivity index is 1.61. The van der Waals surface area contributed by atoms with E-state index in [4.69, 9.17) is 13.9 Å². The van der Waals surface area contributed by atoms with Crippen LogP contribution in [0.4, 0.5) is 0 Å². The second kappa shape index (κ2) is 9.19. The maximum atomic E-state index is 12.0. The lowest BCUT2D eigenvalue weighted by Crippen LogP contribution is -2.15. The summed E-state index contributed by atoms with van der Waals surface area (Å²) in [5.74, 6) is -0.0561. The standard InChI is InChI=1S/C23H22O6/c1-3-15-5-10-19-17(12-22(25)29-21(19)11-15)13-28-23(26)14-27-18-8-6-16(7-9-18)20(24)4-2/h5-12H,3-4,13-14H2,1-2H3. The van der Waals surface area contributed by atoms with Crippen molar-refractivity contribution in [2.45, 2.75) is 33.3 Å². The molecule has 3 rings (SSSR count). The van der Waals surface area contributed by atoms with Crippen molar-refractivity contribution in [3.05, 3.63) is 75.6 Å². The third kappa shape index (κ3) is 5.10.